The summed E-state index contributed by atoms with van der Waals surface area (Å²) in [6.45, 7) is 9.00. The maximum atomic E-state index is 3.70. The number of halogens is 1. The quantitative estimate of drug-likeness (QED) is 0.366. The van der Waals surface area contributed by atoms with E-state index in [1.807, 2.05) is 0 Å². The van der Waals surface area contributed by atoms with Gasteiger partial charge in [-0.2, -0.15) is 6.42 Å². The van der Waals surface area contributed by atoms with Gasteiger partial charge in [0.05, 0.1) is 0 Å². The zero-order valence-corrected chi connectivity index (χ0v) is 8.45. The average Bonchev–Trinajstić information content (AvgIpc) is 1.61. The minimum absolute atomic E-state index is 0. The van der Waals surface area contributed by atoms with Gasteiger partial charge in [-0.3, -0.25) is 0 Å². The Kier molecular flexibility index (Phi) is 21.6. The average molecular weight is 160 g/mol. The Balaban J connectivity index is -0.000000180. The van der Waals surface area contributed by atoms with Crippen molar-refractivity contribution in [1.82, 2.24) is 5.32 Å². The Hall–Kier alpha value is 1.02. The topological polar surface area (TPSA) is 12.0 Å². The van der Waals surface area contributed by atoms with Crippen LogP contribution in [0.15, 0.2) is 0 Å². The van der Waals surface area contributed by atoms with Gasteiger partial charge in [-0.25, -0.2) is 0 Å². The Morgan fingerprint density at radius 2 is 1.89 bits per heavy atom. The maximum absolute atomic E-state index is 3.70. The summed E-state index contributed by atoms with van der Waals surface area (Å²) < 4.78 is 0. The molecule has 0 amide bonds. The molecule has 0 aliphatic heterocycles. The minimum Gasteiger partial charge on any atom is -1.00 e. The van der Waals surface area contributed by atoms with Gasteiger partial charge in [0.1, 0.15) is 0 Å². The van der Waals surface area contributed by atoms with Gasteiger partial charge in [0.15, 0.2) is 0 Å². The SMILES string of the molecule is [CH2-]CCNC(C)C.[Cl-].[Mg+2]. The van der Waals surface area contributed by atoms with E-state index >= 15 is 0 Å². The van der Waals surface area contributed by atoms with E-state index in [2.05, 4.69) is 26.1 Å². The molecule has 3 heteroatoms. The molecular weight excluding hydrogens is 146 g/mol. The summed E-state index contributed by atoms with van der Waals surface area (Å²) in [6.07, 6.45) is 0.984. The number of rotatable bonds is 3. The van der Waals surface area contributed by atoms with Gasteiger partial charge in [0.25, 0.3) is 0 Å². The van der Waals surface area contributed by atoms with E-state index in [0.29, 0.717) is 6.04 Å². The van der Waals surface area contributed by atoms with Crippen LogP contribution in [0, 0.1) is 6.92 Å². The van der Waals surface area contributed by atoms with E-state index in [-0.39, 0.29) is 35.5 Å². The third-order valence-corrected chi connectivity index (χ3v) is 0.729. The van der Waals surface area contributed by atoms with Crippen molar-refractivity contribution in [3.05, 3.63) is 6.92 Å². The molecule has 0 radical (unpaired) electrons. The van der Waals surface area contributed by atoms with Crippen molar-refractivity contribution in [2.24, 2.45) is 0 Å². The number of hydrogen-bond donors (Lipinski definition) is 1. The van der Waals surface area contributed by atoms with Crippen molar-refractivity contribution in [3.8, 4) is 0 Å². The van der Waals surface area contributed by atoms with Crippen LogP contribution >= 0.6 is 0 Å². The fourth-order valence-corrected chi connectivity index (χ4v) is 0.391. The van der Waals surface area contributed by atoms with Gasteiger partial charge in [-0.15, -0.1) is 0 Å². The second kappa shape index (κ2) is 11.8. The van der Waals surface area contributed by atoms with Gasteiger partial charge in [0.2, 0.25) is 0 Å². The van der Waals surface area contributed by atoms with Gasteiger partial charge < -0.3 is 24.6 Å². The van der Waals surface area contributed by atoms with Crippen molar-refractivity contribution in [1.29, 1.82) is 0 Å². The molecule has 0 spiro atoms. The summed E-state index contributed by atoms with van der Waals surface area (Å²) in [5, 5.41) is 3.23. The summed E-state index contributed by atoms with van der Waals surface area (Å²) in [4.78, 5) is 0. The molecule has 0 unspecified atom stereocenters. The van der Waals surface area contributed by atoms with Gasteiger partial charge in [0, 0.05) is 6.04 Å². The van der Waals surface area contributed by atoms with Crippen molar-refractivity contribution in [3.63, 3.8) is 0 Å². The number of hydrogen-bond acceptors (Lipinski definition) is 1. The molecule has 0 rings (SSSR count). The molecule has 0 aliphatic rings. The van der Waals surface area contributed by atoms with E-state index in [9.17, 15) is 0 Å². The first kappa shape index (κ1) is 16.5. The number of nitrogens with one attached hydrogen (secondary N) is 1. The Bertz CT molecular complexity index is 42.0. The van der Waals surface area contributed by atoms with Crippen LogP contribution < -0.4 is 17.7 Å². The molecule has 0 aromatic rings. The van der Waals surface area contributed by atoms with E-state index in [1.165, 1.54) is 0 Å². The fourth-order valence-electron chi connectivity index (χ4n) is 0.391. The van der Waals surface area contributed by atoms with E-state index in [4.69, 9.17) is 0 Å². The molecule has 0 saturated carbocycles. The molecule has 0 heterocycles. The van der Waals surface area contributed by atoms with Crippen LogP contribution in [0.1, 0.15) is 20.3 Å². The van der Waals surface area contributed by atoms with E-state index in [1.54, 1.807) is 0 Å². The second-order valence-electron chi connectivity index (χ2n) is 1.96. The fraction of sp³-hybridized carbons (Fsp3) is 0.833. The molecule has 0 bridgehead atoms. The summed E-state index contributed by atoms with van der Waals surface area (Å²) >= 11 is 0. The summed E-state index contributed by atoms with van der Waals surface area (Å²) in [7, 11) is 0. The molecule has 9 heavy (non-hydrogen) atoms. The molecule has 52 valence electrons. The summed E-state index contributed by atoms with van der Waals surface area (Å²) in [6, 6.07) is 0.613. The molecule has 0 aliphatic carbocycles. The van der Waals surface area contributed by atoms with Crippen molar-refractivity contribution >= 4 is 23.1 Å². The Labute approximate surface area is 80.5 Å². The third kappa shape index (κ3) is 17.6. The molecule has 0 aromatic heterocycles. The van der Waals surface area contributed by atoms with Crippen LogP contribution in [-0.4, -0.2) is 35.6 Å². The monoisotopic (exact) mass is 159 g/mol. The van der Waals surface area contributed by atoms with Crippen LogP contribution in [0.5, 0.6) is 0 Å². The van der Waals surface area contributed by atoms with Crippen molar-refractivity contribution in [2.45, 2.75) is 26.3 Å². The molecule has 0 fully saturated rings. The predicted octanol–water partition coefficient (Wildman–Crippen LogP) is -2.17. The zero-order chi connectivity index (χ0) is 5.70. The largest absolute Gasteiger partial charge is 2.00 e. The van der Waals surface area contributed by atoms with Gasteiger partial charge in [-0.1, -0.05) is 13.8 Å². The third-order valence-electron chi connectivity index (χ3n) is 0.729. The Morgan fingerprint density at radius 3 is 2.00 bits per heavy atom. The standard InChI is InChI=1S/C6H14N.ClH.Mg/c1-4-5-7-6(2)3;;/h6-7H,1,4-5H2,2-3H3;1H;/q-1;;+2/p-1. The summed E-state index contributed by atoms with van der Waals surface area (Å²) in [5.41, 5.74) is 0. The normalized spacial score (nSPS) is 8.00. The Morgan fingerprint density at radius 1 is 1.44 bits per heavy atom. The van der Waals surface area contributed by atoms with Crippen LogP contribution in [0.3, 0.4) is 0 Å². The summed E-state index contributed by atoms with van der Waals surface area (Å²) in [5.74, 6) is 0. The molecule has 1 nitrogen and oxygen atoms in total. The van der Waals surface area contributed by atoms with Crippen molar-refractivity contribution in [2.75, 3.05) is 6.54 Å². The first-order valence-electron chi connectivity index (χ1n) is 2.80. The first-order chi connectivity index (χ1) is 3.27. The molecule has 0 saturated heterocycles. The van der Waals surface area contributed by atoms with Crippen LogP contribution in [-0.2, 0) is 0 Å². The second-order valence-corrected chi connectivity index (χ2v) is 1.96. The van der Waals surface area contributed by atoms with Gasteiger partial charge in [-0.05, 0) is 6.54 Å². The van der Waals surface area contributed by atoms with Crippen LogP contribution in [0.4, 0.5) is 0 Å². The van der Waals surface area contributed by atoms with E-state index in [0.717, 1.165) is 13.0 Å². The minimum atomic E-state index is 0. The maximum Gasteiger partial charge on any atom is 2.00 e. The van der Waals surface area contributed by atoms with Gasteiger partial charge >= 0.3 is 23.1 Å². The molecule has 0 aromatic carbocycles. The van der Waals surface area contributed by atoms with Crippen LogP contribution in [0.2, 0.25) is 0 Å². The van der Waals surface area contributed by atoms with E-state index < -0.39 is 0 Å². The van der Waals surface area contributed by atoms with Crippen molar-refractivity contribution < 1.29 is 12.4 Å². The molecule has 0 atom stereocenters. The molecular formula is C6H14ClMgN. The zero-order valence-electron chi connectivity index (χ0n) is 6.28. The first-order valence-corrected chi connectivity index (χ1v) is 2.80. The smallest absolute Gasteiger partial charge is 1.00 e. The molecule has 1 N–H and O–H groups in total. The predicted molar refractivity (Wildman–Crippen MR) is 38.9 cm³/mol. The van der Waals surface area contributed by atoms with Crippen LogP contribution in [0.25, 0.3) is 0 Å².